The Hall–Kier alpha value is -1.59. The van der Waals surface area contributed by atoms with E-state index in [9.17, 15) is 9.59 Å². The maximum absolute atomic E-state index is 12.1. The van der Waals surface area contributed by atoms with Crippen LogP contribution in [0.1, 0.15) is 34.1 Å². The zero-order chi connectivity index (χ0) is 14.4. The maximum atomic E-state index is 12.1. The largest absolute Gasteiger partial charge is 0.444 e. The molecule has 0 aromatic carbocycles. The van der Waals surface area contributed by atoms with Crippen molar-refractivity contribution in [3.05, 3.63) is 0 Å². The predicted molar refractivity (Wildman–Crippen MR) is 70.7 cm³/mol. The number of amides is 2. The Morgan fingerprint density at radius 3 is 2.63 bits per heavy atom. The number of rotatable bonds is 0. The molecule has 0 saturated carbocycles. The van der Waals surface area contributed by atoms with E-state index >= 15 is 0 Å². The molecule has 19 heavy (non-hydrogen) atoms. The summed E-state index contributed by atoms with van der Waals surface area (Å²) in [5.74, 6) is -0.0595. The second-order valence-electron chi connectivity index (χ2n) is 6.36. The van der Waals surface area contributed by atoms with Gasteiger partial charge in [0, 0.05) is 26.6 Å². The van der Waals surface area contributed by atoms with Gasteiger partial charge in [-0.05, 0) is 27.7 Å². The molecule has 1 saturated heterocycles. The summed E-state index contributed by atoms with van der Waals surface area (Å²) in [5, 5.41) is 5.62. The van der Waals surface area contributed by atoms with Crippen molar-refractivity contribution in [1.29, 1.82) is 0 Å². The van der Waals surface area contributed by atoms with Gasteiger partial charge in [-0.1, -0.05) is 0 Å². The molecule has 2 amide bonds. The Morgan fingerprint density at radius 1 is 1.42 bits per heavy atom. The Morgan fingerprint density at radius 2 is 2.05 bits per heavy atom. The normalized spacial score (nSPS) is 27.2. The number of nitrogens with zero attached hydrogens (tertiary/aromatic N) is 3. The molecule has 0 aliphatic carbocycles. The third kappa shape index (κ3) is 2.43. The van der Waals surface area contributed by atoms with Gasteiger partial charge in [0.1, 0.15) is 11.0 Å². The van der Waals surface area contributed by atoms with Gasteiger partial charge in [0.2, 0.25) is 0 Å². The second kappa shape index (κ2) is 4.21. The van der Waals surface area contributed by atoms with Crippen LogP contribution >= 0.6 is 0 Å². The average molecular weight is 267 g/mol. The van der Waals surface area contributed by atoms with Crippen LogP contribution in [0.4, 0.5) is 4.79 Å². The van der Waals surface area contributed by atoms with Crippen molar-refractivity contribution in [3.63, 3.8) is 0 Å². The Balaban J connectivity index is 2.12. The molecule has 1 atom stereocenters. The molecular formula is C13H21N3O3. The van der Waals surface area contributed by atoms with Crippen LogP contribution in [0.25, 0.3) is 0 Å². The van der Waals surface area contributed by atoms with E-state index in [-0.39, 0.29) is 12.0 Å². The van der Waals surface area contributed by atoms with Crippen LogP contribution in [0.2, 0.25) is 0 Å². The van der Waals surface area contributed by atoms with Crippen molar-refractivity contribution in [3.8, 4) is 0 Å². The molecule has 2 heterocycles. The summed E-state index contributed by atoms with van der Waals surface area (Å²) in [6.45, 7) is 8.22. The van der Waals surface area contributed by atoms with Crippen molar-refractivity contribution in [2.45, 2.75) is 39.7 Å². The highest BCUT2D eigenvalue weighted by atomic mass is 16.6. The van der Waals surface area contributed by atoms with E-state index in [4.69, 9.17) is 4.74 Å². The molecule has 6 heteroatoms. The summed E-state index contributed by atoms with van der Waals surface area (Å²) >= 11 is 0. The van der Waals surface area contributed by atoms with Gasteiger partial charge in [-0.15, -0.1) is 0 Å². The van der Waals surface area contributed by atoms with E-state index in [2.05, 4.69) is 5.10 Å². The van der Waals surface area contributed by atoms with Crippen LogP contribution in [0.5, 0.6) is 0 Å². The minimum absolute atomic E-state index is 0.0595. The summed E-state index contributed by atoms with van der Waals surface area (Å²) < 4.78 is 5.35. The molecule has 0 aromatic rings. The fraction of sp³-hybridized carbons (Fsp3) is 0.769. The zero-order valence-corrected chi connectivity index (χ0v) is 12.2. The molecule has 6 nitrogen and oxygen atoms in total. The summed E-state index contributed by atoms with van der Waals surface area (Å²) in [7, 11) is 1.65. The number of ether oxygens (including phenoxy) is 1. The fourth-order valence-corrected chi connectivity index (χ4v) is 2.49. The standard InChI is InChI=1S/C13H21N3O3/c1-12(2,3)19-11(18)16-7-6-9-13(4,8-16)10(17)15(5)14-9/h6-8H2,1-5H3. The lowest BCUT2D eigenvalue weighted by Crippen LogP contribution is -2.53. The van der Waals surface area contributed by atoms with Crippen molar-refractivity contribution in [2.24, 2.45) is 10.5 Å². The highest BCUT2D eigenvalue weighted by Gasteiger charge is 2.50. The highest BCUT2D eigenvalue weighted by molar-refractivity contribution is 6.12. The highest BCUT2D eigenvalue weighted by Crippen LogP contribution is 2.34. The number of carbonyl (C=O) groups excluding carboxylic acids is 2. The van der Waals surface area contributed by atoms with Crippen LogP contribution < -0.4 is 0 Å². The first-order valence-corrected chi connectivity index (χ1v) is 6.47. The summed E-state index contributed by atoms with van der Waals surface area (Å²) in [4.78, 5) is 25.8. The van der Waals surface area contributed by atoms with Gasteiger partial charge in [-0.25, -0.2) is 9.80 Å². The molecule has 2 aliphatic rings. The van der Waals surface area contributed by atoms with Gasteiger partial charge in [-0.3, -0.25) is 4.79 Å². The molecule has 2 rings (SSSR count). The number of carbonyl (C=O) groups is 2. The number of hydrazone groups is 1. The molecule has 1 unspecified atom stereocenters. The number of hydrogen-bond donors (Lipinski definition) is 0. The molecular weight excluding hydrogens is 246 g/mol. The summed E-state index contributed by atoms with van der Waals surface area (Å²) in [5.41, 5.74) is -0.355. The van der Waals surface area contributed by atoms with Crippen LogP contribution in [0.3, 0.4) is 0 Å². The van der Waals surface area contributed by atoms with Crippen LogP contribution in [0.15, 0.2) is 5.10 Å². The van der Waals surface area contributed by atoms with E-state index in [0.717, 1.165) is 5.71 Å². The SMILES string of the molecule is CN1N=C2CCN(C(=O)OC(C)(C)C)CC2(C)C1=O. The average Bonchev–Trinajstić information content (AvgIpc) is 2.49. The summed E-state index contributed by atoms with van der Waals surface area (Å²) in [6, 6.07) is 0. The molecule has 1 fully saturated rings. The zero-order valence-electron chi connectivity index (χ0n) is 12.2. The number of likely N-dealkylation sites (tertiary alicyclic amines) is 1. The van der Waals surface area contributed by atoms with E-state index in [1.54, 1.807) is 11.9 Å². The van der Waals surface area contributed by atoms with Crippen LogP contribution in [-0.2, 0) is 9.53 Å². The Bertz CT molecular complexity index is 453. The number of piperidine rings is 1. The van der Waals surface area contributed by atoms with Gasteiger partial charge in [-0.2, -0.15) is 5.10 Å². The predicted octanol–water partition coefficient (Wildman–Crippen LogP) is 1.46. The lowest BCUT2D eigenvalue weighted by molar-refractivity contribution is -0.135. The number of fused-ring (bicyclic) bond motifs is 1. The lowest BCUT2D eigenvalue weighted by Gasteiger charge is -2.37. The van der Waals surface area contributed by atoms with Crippen molar-refractivity contribution in [1.82, 2.24) is 9.91 Å². The third-order valence-electron chi connectivity index (χ3n) is 3.45. The second-order valence-corrected chi connectivity index (χ2v) is 6.36. The molecule has 0 N–H and O–H groups in total. The van der Waals surface area contributed by atoms with Crippen molar-refractivity contribution < 1.29 is 14.3 Å². The first kappa shape index (κ1) is 13.8. The van der Waals surface area contributed by atoms with Gasteiger partial charge in [0.25, 0.3) is 5.91 Å². The Labute approximate surface area is 113 Å². The quantitative estimate of drug-likeness (QED) is 0.667. The molecule has 0 bridgehead atoms. The molecule has 2 aliphatic heterocycles. The van der Waals surface area contributed by atoms with E-state index in [0.29, 0.717) is 19.5 Å². The molecule has 0 aromatic heterocycles. The maximum Gasteiger partial charge on any atom is 0.410 e. The lowest BCUT2D eigenvalue weighted by atomic mass is 9.80. The minimum Gasteiger partial charge on any atom is -0.444 e. The van der Waals surface area contributed by atoms with Gasteiger partial charge in [0.15, 0.2) is 0 Å². The molecule has 0 radical (unpaired) electrons. The van der Waals surface area contributed by atoms with Crippen LogP contribution in [-0.4, -0.2) is 53.4 Å². The van der Waals surface area contributed by atoms with E-state index < -0.39 is 11.0 Å². The monoisotopic (exact) mass is 267 g/mol. The van der Waals surface area contributed by atoms with E-state index in [1.807, 2.05) is 27.7 Å². The molecule has 0 spiro atoms. The van der Waals surface area contributed by atoms with Crippen molar-refractivity contribution in [2.75, 3.05) is 20.1 Å². The smallest absolute Gasteiger partial charge is 0.410 e. The third-order valence-corrected chi connectivity index (χ3v) is 3.45. The minimum atomic E-state index is -0.691. The van der Waals surface area contributed by atoms with Gasteiger partial charge in [0.05, 0.1) is 5.71 Å². The topological polar surface area (TPSA) is 62.2 Å². The first-order chi connectivity index (χ1) is 8.63. The fourth-order valence-electron chi connectivity index (χ4n) is 2.49. The van der Waals surface area contributed by atoms with Crippen LogP contribution in [0, 0.1) is 5.41 Å². The van der Waals surface area contributed by atoms with Gasteiger partial charge >= 0.3 is 6.09 Å². The van der Waals surface area contributed by atoms with Gasteiger partial charge < -0.3 is 9.64 Å². The Kier molecular flexibility index (Phi) is 3.07. The number of hydrogen-bond acceptors (Lipinski definition) is 4. The van der Waals surface area contributed by atoms with E-state index in [1.165, 1.54) is 5.01 Å². The first-order valence-electron chi connectivity index (χ1n) is 6.47. The molecule has 106 valence electrons. The summed E-state index contributed by atoms with van der Waals surface area (Å²) in [6.07, 6.45) is 0.251. The van der Waals surface area contributed by atoms with Crippen molar-refractivity contribution >= 4 is 17.7 Å².